The van der Waals surface area contributed by atoms with E-state index in [0.717, 1.165) is 15.4 Å². The van der Waals surface area contributed by atoms with Gasteiger partial charge in [-0.15, -0.1) is 0 Å². The Kier molecular flexibility index (Phi) is 5.64. The molecule has 0 radical (unpaired) electrons. The van der Waals surface area contributed by atoms with E-state index in [1.807, 2.05) is 26.0 Å². The first-order valence-corrected chi connectivity index (χ1v) is 9.11. The molecule has 0 saturated heterocycles. The van der Waals surface area contributed by atoms with Crippen LogP contribution in [0.15, 0.2) is 47.4 Å². The molecule has 0 saturated carbocycles. The molecule has 2 rings (SSSR count). The standard InChI is InChI=1S/C17H19ClN2O3S/c1-12-4-9-16(13(2)10-12)19-17(21)11-20(3)24(22,23)15-7-5-14(18)6-8-15/h4-10H,11H2,1-3H3,(H,19,21). The third-order valence-electron chi connectivity index (χ3n) is 3.54. The van der Waals surface area contributed by atoms with Crippen molar-refractivity contribution < 1.29 is 13.2 Å². The fourth-order valence-electron chi connectivity index (χ4n) is 2.22. The number of rotatable bonds is 5. The normalized spacial score (nSPS) is 11.5. The summed E-state index contributed by atoms with van der Waals surface area (Å²) in [5, 5.41) is 3.18. The molecule has 0 bridgehead atoms. The second kappa shape index (κ2) is 7.34. The van der Waals surface area contributed by atoms with E-state index in [1.54, 1.807) is 6.07 Å². The minimum Gasteiger partial charge on any atom is -0.325 e. The highest BCUT2D eigenvalue weighted by molar-refractivity contribution is 7.89. The Hall–Kier alpha value is -1.89. The number of nitrogens with one attached hydrogen (secondary N) is 1. The Balaban J connectivity index is 2.09. The highest BCUT2D eigenvalue weighted by Crippen LogP contribution is 2.18. The van der Waals surface area contributed by atoms with Gasteiger partial charge in [0.2, 0.25) is 15.9 Å². The number of nitrogens with zero attached hydrogens (tertiary/aromatic N) is 1. The van der Waals surface area contributed by atoms with E-state index in [2.05, 4.69) is 5.32 Å². The molecular formula is C17H19ClN2O3S. The van der Waals surface area contributed by atoms with Crippen LogP contribution in [0.1, 0.15) is 11.1 Å². The predicted octanol–water partition coefficient (Wildman–Crippen LogP) is 3.22. The lowest BCUT2D eigenvalue weighted by Crippen LogP contribution is -2.35. The molecule has 1 amide bonds. The molecule has 5 nitrogen and oxygen atoms in total. The Labute approximate surface area is 147 Å². The molecule has 0 atom stereocenters. The van der Waals surface area contributed by atoms with Gasteiger partial charge >= 0.3 is 0 Å². The maximum Gasteiger partial charge on any atom is 0.243 e. The van der Waals surface area contributed by atoms with E-state index in [9.17, 15) is 13.2 Å². The van der Waals surface area contributed by atoms with Gasteiger partial charge in [-0.05, 0) is 49.7 Å². The van der Waals surface area contributed by atoms with Gasteiger partial charge in [-0.25, -0.2) is 8.42 Å². The van der Waals surface area contributed by atoms with Gasteiger partial charge in [0.25, 0.3) is 0 Å². The average molecular weight is 367 g/mol. The van der Waals surface area contributed by atoms with Crippen LogP contribution < -0.4 is 5.32 Å². The molecule has 0 aliphatic rings. The topological polar surface area (TPSA) is 66.5 Å². The Morgan fingerprint density at radius 3 is 2.33 bits per heavy atom. The second-order valence-corrected chi connectivity index (χ2v) is 8.06. The largest absolute Gasteiger partial charge is 0.325 e. The van der Waals surface area contributed by atoms with E-state index < -0.39 is 15.9 Å². The molecule has 24 heavy (non-hydrogen) atoms. The number of carbonyl (C=O) groups excluding carboxylic acids is 1. The predicted molar refractivity (Wildman–Crippen MR) is 95.8 cm³/mol. The first kappa shape index (κ1) is 18.4. The van der Waals surface area contributed by atoms with Crippen LogP contribution in [0.25, 0.3) is 0 Å². The third-order valence-corrected chi connectivity index (χ3v) is 5.61. The molecule has 128 valence electrons. The number of benzene rings is 2. The number of amides is 1. The quantitative estimate of drug-likeness (QED) is 0.883. The zero-order valence-corrected chi connectivity index (χ0v) is 15.3. The molecule has 0 fully saturated rings. The molecule has 0 spiro atoms. The molecule has 7 heteroatoms. The molecule has 0 aliphatic carbocycles. The van der Waals surface area contributed by atoms with Gasteiger partial charge < -0.3 is 5.32 Å². The van der Waals surface area contributed by atoms with Crippen molar-refractivity contribution in [1.29, 1.82) is 0 Å². The Bertz CT molecular complexity index is 849. The van der Waals surface area contributed by atoms with Crippen LogP contribution in [-0.2, 0) is 14.8 Å². The minimum absolute atomic E-state index is 0.0914. The summed E-state index contributed by atoms with van der Waals surface area (Å²) in [4.78, 5) is 12.2. The number of sulfonamides is 1. The summed E-state index contributed by atoms with van der Waals surface area (Å²) in [6.07, 6.45) is 0. The van der Waals surface area contributed by atoms with Crippen LogP contribution in [0.4, 0.5) is 5.69 Å². The highest BCUT2D eigenvalue weighted by atomic mass is 35.5. The van der Waals surface area contributed by atoms with Gasteiger partial charge in [0.1, 0.15) is 0 Å². The summed E-state index contributed by atoms with van der Waals surface area (Å²) in [7, 11) is -2.38. The number of likely N-dealkylation sites (N-methyl/N-ethyl adjacent to an activating group) is 1. The summed E-state index contributed by atoms with van der Waals surface area (Å²) in [6, 6.07) is 11.5. The van der Waals surface area contributed by atoms with Crippen molar-refractivity contribution in [2.75, 3.05) is 18.9 Å². The van der Waals surface area contributed by atoms with E-state index >= 15 is 0 Å². The summed E-state index contributed by atoms with van der Waals surface area (Å²) >= 11 is 5.77. The first-order valence-electron chi connectivity index (χ1n) is 7.29. The number of anilines is 1. The van der Waals surface area contributed by atoms with Crippen molar-refractivity contribution in [2.24, 2.45) is 0 Å². The molecule has 0 unspecified atom stereocenters. The fraction of sp³-hybridized carbons (Fsp3) is 0.235. The van der Waals surface area contributed by atoms with E-state index in [-0.39, 0.29) is 11.4 Å². The van der Waals surface area contributed by atoms with E-state index in [4.69, 9.17) is 11.6 Å². The lowest BCUT2D eigenvalue weighted by atomic mass is 10.1. The zero-order valence-electron chi connectivity index (χ0n) is 13.7. The number of aryl methyl sites for hydroxylation is 2. The maximum atomic E-state index is 12.4. The van der Waals surface area contributed by atoms with E-state index in [1.165, 1.54) is 31.3 Å². The van der Waals surface area contributed by atoms with E-state index in [0.29, 0.717) is 10.7 Å². The first-order chi connectivity index (χ1) is 11.2. The van der Waals surface area contributed by atoms with Crippen LogP contribution in [0.2, 0.25) is 5.02 Å². The van der Waals surface area contributed by atoms with Crippen LogP contribution >= 0.6 is 11.6 Å². The monoisotopic (exact) mass is 366 g/mol. The summed E-state index contributed by atoms with van der Waals surface area (Å²) in [5.74, 6) is -0.401. The van der Waals surface area contributed by atoms with Gasteiger partial charge in [0.15, 0.2) is 0 Å². The summed E-state index contributed by atoms with van der Waals surface area (Å²) in [6.45, 7) is 3.57. The van der Waals surface area contributed by atoms with Gasteiger partial charge in [-0.3, -0.25) is 4.79 Å². The number of halogens is 1. The third kappa shape index (κ3) is 4.35. The van der Waals surface area contributed by atoms with Crippen molar-refractivity contribution in [3.05, 3.63) is 58.6 Å². The molecule has 0 aliphatic heterocycles. The van der Waals surface area contributed by atoms with Crippen LogP contribution in [0.5, 0.6) is 0 Å². The fourth-order valence-corrected chi connectivity index (χ4v) is 3.47. The molecular weight excluding hydrogens is 348 g/mol. The number of hydrogen-bond donors (Lipinski definition) is 1. The van der Waals surface area contributed by atoms with Gasteiger partial charge in [0, 0.05) is 17.8 Å². The second-order valence-electron chi connectivity index (χ2n) is 5.58. The van der Waals surface area contributed by atoms with Gasteiger partial charge in [-0.2, -0.15) is 4.31 Å². The minimum atomic E-state index is -3.75. The Morgan fingerprint density at radius 2 is 1.75 bits per heavy atom. The van der Waals surface area contributed by atoms with Crippen LogP contribution in [0, 0.1) is 13.8 Å². The lowest BCUT2D eigenvalue weighted by Gasteiger charge is -2.17. The van der Waals surface area contributed by atoms with Crippen molar-refractivity contribution in [2.45, 2.75) is 18.7 Å². The zero-order chi connectivity index (χ0) is 17.9. The summed E-state index contributed by atoms with van der Waals surface area (Å²) < 4.78 is 25.9. The average Bonchev–Trinajstić information content (AvgIpc) is 2.50. The molecule has 2 aromatic carbocycles. The smallest absolute Gasteiger partial charge is 0.243 e. The number of carbonyl (C=O) groups is 1. The highest BCUT2D eigenvalue weighted by Gasteiger charge is 2.23. The molecule has 1 N–H and O–H groups in total. The molecule has 0 aromatic heterocycles. The van der Waals surface area contributed by atoms with Crippen LogP contribution in [-0.4, -0.2) is 32.2 Å². The van der Waals surface area contributed by atoms with Crippen molar-refractivity contribution in [1.82, 2.24) is 4.31 Å². The van der Waals surface area contributed by atoms with Gasteiger partial charge in [-0.1, -0.05) is 29.3 Å². The number of hydrogen-bond acceptors (Lipinski definition) is 3. The summed E-state index contributed by atoms with van der Waals surface area (Å²) in [5.41, 5.74) is 2.68. The van der Waals surface area contributed by atoms with Crippen molar-refractivity contribution >= 4 is 33.2 Å². The maximum absolute atomic E-state index is 12.4. The SMILES string of the molecule is Cc1ccc(NC(=O)CN(C)S(=O)(=O)c2ccc(Cl)cc2)c(C)c1. The molecule has 0 heterocycles. The van der Waals surface area contributed by atoms with Gasteiger partial charge in [0.05, 0.1) is 11.4 Å². The van der Waals surface area contributed by atoms with Crippen molar-refractivity contribution in [3.63, 3.8) is 0 Å². The molecule has 2 aromatic rings. The Morgan fingerprint density at radius 1 is 1.12 bits per heavy atom. The lowest BCUT2D eigenvalue weighted by molar-refractivity contribution is -0.116. The van der Waals surface area contributed by atoms with Crippen LogP contribution in [0.3, 0.4) is 0 Å². The van der Waals surface area contributed by atoms with Crippen molar-refractivity contribution in [3.8, 4) is 0 Å².